The van der Waals surface area contributed by atoms with Gasteiger partial charge in [-0.15, -0.1) is 0 Å². The molecule has 17 heteroatoms. The second-order valence-corrected chi connectivity index (χ2v) is 21.0. The number of aliphatic hydroxyl groups excluding tert-OH is 4. The number of hydrogen-bond acceptors (Lipinski definition) is 16. The van der Waals surface area contributed by atoms with Crippen LogP contribution >= 0.6 is 0 Å². The number of aliphatic hydroxyl groups is 5. The van der Waals surface area contributed by atoms with E-state index in [-0.39, 0.29) is 47.1 Å². The van der Waals surface area contributed by atoms with Crippen LogP contribution in [0.2, 0.25) is 0 Å². The van der Waals surface area contributed by atoms with Gasteiger partial charge >= 0.3 is 11.9 Å². The van der Waals surface area contributed by atoms with E-state index in [4.69, 9.17) is 33.4 Å². The van der Waals surface area contributed by atoms with Gasteiger partial charge in [-0.1, -0.05) is 43.2 Å². The van der Waals surface area contributed by atoms with Crippen LogP contribution in [0.4, 0.5) is 5.95 Å². The molecule has 7 aliphatic rings. The molecular formula is C55H65N3O14. The molecule has 5 N–H and O–H groups in total. The SMILES string of the molecule is COC(=O)C(C)=CCC1(O)C(=O)C2CC(C(C)C)C13Oc1c(CC=C(C)C)c4c(c(OC(=O)c5ccc(O[C@H]6O[C@@H](CO)[C@H](O)[C@@H](O)[C@@H]6O)cc5)c1C1=Nc5nccn5C2C13)C=CC(C)(CCC=C(C)C)O4. The molecule has 1 saturated heterocycles. The van der Waals surface area contributed by atoms with Gasteiger partial charge in [-0.2, -0.15) is 0 Å². The number of imidazole rings is 1. The normalized spacial score (nSPS) is 31.7. The molecule has 2 aromatic carbocycles. The van der Waals surface area contributed by atoms with Gasteiger partial charge in [0.15, 0.2) is 22.7 Å². The van der Waals surface area contributed by atoms with E-state index in [1.165, 1.54) is 31.4 Å². The van der Waals surface area contributed by atoms with E-state index in [9.17, 15) is 35.1 Å². The number of carbonyl (C=O) groups excluding carboxylic acids is 3. The van der Waals surface area contributed by atoms with Gasteiger partial charge in [0.1, 0.15) is 47.3 Å². The van der Waals surface area contributed by atoms with Crippen molar-refractivity contribution < 1.29 is 68.3 Å². The van der Waals surface area contributed by atoms with Crippen LogP contribution in [0, 0.1) is 23.7 Å². The number of esters is 2. The van der Waals surface area contributed by atoms with Gasteiger partial charge in [0.2, 0.25) is 12.2 Å². The molecule has 10 rings (SSSR count). The van der Waals surface area contributed by atoms with Gasteiger partial charge in [-0.25, -0.2) is 19.6 Å². The minimum atomic E-state index is -2.20. The van der Waals surface area contributed by atoms with Crippen molar-refractivity contribution in [1.82, 2.24) is 9.55 Å². The van der Waals surface area contributed by atoms with Gasteiger partial charge < -0.3 is 58.5 Å². The lowest BCUT2D eigenvalue weighted by atomic mass is 9.43. The average molecular weight is 992 g/mol. The highest BCUT2D eigenvalue weighted by molar-refractivity contribution is 6.14. The first-order chi connectivity index (χ1) is 34.2. The number of hydrogen-bond donors (Lipinski definition) is 5. The smallest absolute Gasteiger partial charge is 0.343 e. The Morgan fingerprint density at radius 3 is 2.36 bits per heavy atom. The number of ether oxygens (including phenoxy) is 6. The number of rotatable bonds is 14. The molecule has 3 aromatic rings. The lowest BCUT2D eigenvalue weighted by molar-refractivity contribution is -0.277. The Kier molecular flexibility index (Phi) is 13.6. The third-order valence-electron chi connectivity index (χ3n) is 15.4. The summed E-state index contributed by atoms with van der Waals surface area (Å²) in [4.78, 5) is 52.9. The summed E-state index contributed by atoms with van der Waals surface area (Å²) in [6.45, 7) is 15.1. The number of Topliss-reactive ketones (excluding diaryl/α,β-unsaturated/α-hetero) is 1. The Balaban J connectivity index is 1.25. The number of allylic oxidation sites excluding steroid dienone is 4. The molecule has 17 nitrogen and oxygen atoms in total. The molecule has 1 aromatic heterocycles. The van der Waals surface area contributed by atoms with Crippen molar-refractivity contribution in [3.63, 3.8) is 0 Å². The number of aromatic nitrogens is 2. The number of benzene rings is 2. The lowest BCUT2D eigenvalue weighted by Crippen LogP contribution is -2.82. The van der Waals surface area contributed by atoms with Crippen LogP contribution in [0.3, 0.4) is 0 Å². The lowest BCUT2D eigenvalue weighted by Gasteiger charge is -2.68. The predicted molar refractivity (Wildman–Crippen MR) is 263 cm³/mol. The molecule has 3 aliphatic carbocycles. The van der Waals surface area contributed by atoms with Gasteiger partial charge in [-0.3, -0.25) is 4.79 Å². The summed E-state index contributed by atoms with van der Waals surface area (Å²) < 4.78 is 39.8. The molecule has 4 fully saturated rings. The Bertz CT molecular complexity index is 2820. The first kappa shape index (κ1) is 51.0. The van der Waals surface area contributed by atoms with Crippen molar-refractivity contribution >= 4 is 35.5 Å². The van der Waals surface area contributed by atoms with Crippen molar-refractivity contribution in [2.75, 3.05) is 13.7 Å². The van der Waals surface area contributed by atoms with Gasteiger partial charge in [0.05, 0.1) is 48.1 Å². The summed E-state index contributed by atoms with van der Waals surface area (Å²) in [7, 11) is 1.27. The first-order valence-electron chi connectivity index (χ1n) is 24.7. The maximum atomic E-state index is 15.3. The van der Waals surface area contributed by atoms with Crippen LogP contribution in [0.25, 0.3) is 6.08 Å². The standard InChI is InChI=1S/C55H65N3O14/c1-27(2)11-10-20-53(8)21-19-34-45(71-53)33(17-12-28(3)4)47-38(46(34)70-50(65)31-13-15-32(16-14-31)68-51-44(62)43(61)42(60)37(26-59)69-51)40-39-41(58-24-23-56-52(58)57-40)35-25-36(29(5)6)55(39,72-47)54(66,48(35)63)22-18-30(7)49(64)67-9/h11-16,18-19,21,23-24,29,35-37,39,41-44,51,59-62,66H,10,17,20,22,25-26H2,1-9H3/t35?,36?,37-,39?,41?,42-,43+,44-,51-,53?,54?,55?/m0/s1. The highest BCUT2D eigenvalue weighted by Crippen LogP contribution is 2.69. The maximum absolute atomic E-state index is 15.3. The summed E-state index contributed by atoms with van der Waals surface area (Å²) in [5.74, 6) is -2.72. The van der Waals surface area contributed by atoms with Gasteiger partial charge in [0.25, 0.3) is 0 Å². The molecule has 5 heterocycles. The largest absolute Gasteiger partial charge is 0.482 e. The van der Waals surface area contributed by atoms with Crippen molar-refractivity contribution in [2.45, 2.75) is 141 Å². The zero-order valence-corrected chi connectivity index (χ0v) is 42.1. The molecule has 3 saturated carbocycles. The first-order valence-corrected chi connectivity index (χ1v) is 24.7. The highest BCUT2D eigenvalue weighted by atomic mass is 16.7. The molecule has 72 heavy (non-hydrogen) atoms. The summed E-state index contributed by atoms with van der Waals surface area (Å²) in [6, 6.07) is 5.20. The maximum Gasteiger partial charge on any atom is 0.343 e. The topological polar surface area (TPSA) is 238 Å². The van der Waals surface area contributed by atoms with Gasteiger partial charge in [0, 0.05) is 41.8 Å². The van der Waals surface area contributed by atoms with E-state index in [0.717, 1.165) is 11.1 Å². The highest BCUT2D eigenvalue weighted by Gasteiger charge is 2.79. The fourth-order valence-electron chi connectivity index (χ4n) is 11.7. The fraction of sp³-hybridized carbons (Fsp3) is 0.509. The second kappa shape index (κ2) is 19.1. The fourth-order valence-corrected chi connectivity index (χ4v) is 11.7. The Hall–Kier alpha value is -5.95. The summed E-state index contributed by atoms with van der Waals surface area (Å²) >= 11 is 0. The van der Waals surface area contributed by atoms with Crippen LogP contribution in [-0.2, 0) is 25.5 Å². The molecule has 7 unspecified atom stereocenters. The van der Waals surface area contributed by atoms with E-state index in [0.29, 0.717) is 53.4 Å². The van der Waals surface area contributed by atoms with E-state index < -0.39 is 95.6 Å². The summed E-state index contributed by atoms with van der Waals surface area (Å²) in [6.07, 6.45) is 7.20. The van der Waals surface area contributed by atoms with Crippen molar-refractivity contribution in [3.05, 3.63) is 99.9 Å². The molecule has 2 bridgehead atoms. The number of ketones is 1. The summed E-state index contributed by atoms with van der Waals surface area (Å²) in [5.41, 5.74) is -0.425. The van der Waals surface area contributed by atoms with E-state index >= 15 is 4.79 Å². The molecule has 384 valence electrons. The van der Waals surface area contributed by atoms with E-state index in [1.807, 2.05) is 71.3 Å². The van der Waals surface area contributed by atoms with Crippen LogP contribution in [0.1, 0.15) is 114 Å². The Labute approximate surface area is 418 Å². The minimum Gasteiger partial charge on any atom is -0.482 e. The number of fused-ring (bicyclic) bond motifs is 6. The molecule has 12 atom stereocenters. The Morgan fingerprint density at radius 1 is 0.972 bits per heavy atom. The van der Waals surface area contributed by atoms with Gasteiger partial charge in [-0.05, 0) is 110 Å². The third-order valence-corrected chi connectivity index (χ3v) is 15.4. The number of carbonyl (C=O) groups is 3. The predicted octanol–water partition coefficient (Wildman–Crippen LogP) is 6.24. The minimum absolute atomic E-state index is 0.0846. The monoisotopic (exact) mass is 991 g/mol. The van der Waals surface area contributed by atoms with E-state index in [1.54, 1.807) is 25.4 Å². The average Bonchev–Trinajstić information content (AvgIpc) is 3.83. The third kappa shape index (κ3) is 8.31. The summed E-state index contributed by atoms with van der Waals surface area (Å²) in [5, 5.41) is 54.5. The number of aliphatic imine (C=N–C) groups is 1. The van der Waals surface area contributed by atoms with Crippen LogP contribution in [0.15, 0.2) is 82.7 Å². The number of nitrogens with zero attached hydrogens (tertiary/aromatic N) is 3. The molecule has 4 aliphatic heterocycles. The van der Waals surface area contributed by atoms with Crippen molar-refractivity contribution in [2.24, 2.45) is 28.7 Å². The molecular weight excluding hydrogens is 927 g/mol. The number of methoxy groups -OCH3 is 1. The van der Waals surface area contributed by atoms with Crippen molar-refractivity contribution in [3.8, 4) is 23.0 Å². The van der Waals surface area contributed by atoms with E-state index in [2.05, 4.69) is 11.1 Å². The molecule has 0 amide bonds. The van der Waals surface area contributed by atoms with Crippen LogP contribution < -0.4 is 18.9 Å². The van der Waals surface area contributed by atoms with Crippen LogP contribution in [0.5, 0.6) is 23.0 Å². The molecule has 0 radical (unpaired) electrons. The zero-order chi connectivity index (χ0) is 51.8. The quantitative estimate of drug-likeness (QED) is 0.0520. The molecule has 1 spiro atoms. The van der Waals surface area contributed by atoms with Crippen LogP contribution in [-0.4, -0.2) is 120 Å². The zero-order valence-electron chi connectivity index (χ0n) is 42.1. The van der Waals surface area contributed by atoms with Crippen molar-refractivity contribution in [1.29, 1.82) is 0 Å². The second-order valence-electron chi connectivity index (χ2n) is 21.0. The Morgan fingerprint density at radius 2 is 1.69 bits per heavy atom.